The molecule has 1 saturated heterocycles. The average Bonchev–Trinajstić information content (AvgIpc) is 2.98. The van der Waals surface area contributed by atoms with Crippen LogP contribution in [0.2, 0.25) is 5.02 Å². The number of ether oxygens (including phenoxy) is 1. The highest BCUT2D eigenvalue weighted by atomic mass is 35.5. The quantitative estimate of drug-likeness (QED) is 0.314. The molecule has 11 heteroatoms. The van der Waals surface area contributed by atoms with Gasteiger partial charge >= 0.3 is 5.69 Å². The van der Waals surface area contributed by atoms with E-state index in [0.717, 1.165) is 5.56 Å². The molecule has 4 heterocycles. The first kappa shape index (κ1) is 28.7. The second kappa shape index (κ2) is 11.3. The number of fused-ring (bicyclic) bond motifs is 5. The van der Waals surface area contributed by atoms with Crippen molar-refractivity contribution < 1.29 is 13.9 Å². The zero-order valence-electron chi connectivity index (χ0n) is 24.2. The van der Waals surface area contributed by atoms with Crippen molar-refractivity contribution >= 4 is 40.0 Å². The minimum Gasteiger partial charge on any atom is -0.490 e. The van der Waals surface area contributed by atoms with E-state index < -0.39 is 11.5 Å². The molecule has 4 aromatic rings. The van der Waals surface area contributed by atoms with E-state index >= 15 is 4.39 Å². The SMILES string of the molecule is C=CC(=O)N1CCN(c2nc(=O)n3c4nc(c(Cl)cc24)-c2c(F)cccc2NCCOc2cccc(C(C)C)c2-3)[C@@H](C)C1. The molecule has 2 aromatic heterocycles. The number of rotatable bonds is 3. The minimum absolute atomic E-state index is 0.0339. The van der Waals surface area contributed by atoms with Crippen LogP contribution >= 0.6 is 11.6 Å². The Bertz CT molecular complexity index is 1820. The number of nitrogens with one attached hydrogen (secondary N) is 1. The number of aromatic nitrogens is 3. The van der Waals surface area contributed by atoms with Crippen LogP contribution in [0, 0.1) is 5.82 Å². The molecule has 2 bridgehead atoms. The zero-order chi connectivity index (χ0) is 30.4. The van der Waals surface area contributed by atoms with Crippen LogP contribution in [0.4, 0.5) is 15.9 Å². The van der Waals surface area contributed by atoms with E-state index in [1.54, 1.807) is 23.1 Å². The molecule has 1 N–H and O–H groups in total. The number of carbonyl (C=O) groups is 1. The van der Waals surface area contributed by atoms with Gasteiger partial charge < -0.3 is 19.9 Å². The van der Waals surface area contributed by atoms with Crippen LogP contribution in [-0.4, -0.2) is 64.2 Å². The maximum atomic E-state index is 15.5. The Labute approximate surface area is 253 Å². The van der Waals surface area contributed by atoms with Gasteiger partial charge in [0.05, 0.1) is 27.4 Å². The monoisotopic (exact) mass is 602 g/mol. The van der Waals surface area contributed by atoms with Crippen LogP contribution in [0.1, 0.15) is 32.3 Å². The third kappa shape index (κ3) is 4.99. The summed E-state index contributed by atoms with van der Waals surface area (Å²) in [5, 5.41) is 4.00. The van der Waals surface area contributed by atoms with Gasteiger partial charge in [0.1, 0.15) is 24.0 Å². The number of nitrogens with zero attached hydrogens (tertiary/aromatic N) is 5. The van der Waals surface area contributed by atoms with Gasteiger partial charge in [-0.05, 0) is 48.7 Å². The highest BCUT2D eigenvalue weighted by Gasteiger charge is 2.31. The Morgan fingerprint density at radius 3 is 2.74 bits per heavy atom. The summed E-state index contributed by atoms with van der Waals surface area (Å²) in [6, 6.07) is 11.9. The second-order valence-electron chi connectivity index (χ2n) is 11.1. The molecule has 0 aliphatic carbocycles. The van der Waals surface area contributed by atoms with Gasteiger partial charge in [-0.25, -0.2) is 18.7 Å². The van der Waals surface area contributed by atoms with Crippen LogP contribution in [0.15, 0.2) is 59.9 Å². The Kier molecular flexibility index (Phi) is 7.56. The third-order valence-corrected chi connectivity index (χ3v) is 8.28. The van der Waals surface area contributed by atoms with Crippen molar-refractivity contribution in [3.8, 4) is 22.7 Å². The molecule has 0 unspecified atom stereocenters. The van der Waals surface area contributed by atoms with Crippen molar-refractivity contribution in [3.05, 3.63) is 82.0 Å². The van der Waals surface area contributed by atoms with Crippen LogP contribution in [0.5, 0.6) is 5.75 Å². The number of amides is 1. The Morgan fingerprint density at radius 1 is 1.21 bits per heavy atom. The lowest BCUT2D eigenvalue weighted by molar-refractivity contribution is -0.126. The summed E-state index contributed by atoms with van der Waals surface area (Å²) >= 11 is 6.90. The topological polar surface area (TPSA) is 92.6 Å². The van der Waals surface area contributed by atoms with Crippen LogP contribution in [-0.2, 0) is 4.79 Å². The molecular formula is C32H32ClFN6O3. The molecular weight excluding hydrogens is 571 g/mol. The molecule has 1 atom stereocenters. The van der Waals surface area contributed by atoms with Gasteiger partial charge in [-0.15, -0.1) is 0 Å². The number of halogens is 2. The Hall–Kier alpha value is -4.44. The zero-order valence-corrected chi connectivity index (χ0v) is 25.0. The fourth-order valence-electron chi connectivity index (χ4n) is 5.92. The summed E-state index contributed by atoms with van der Waals surface area (Å²) < 4.78 is 23.2. The average molecular weight is 603 g/mol. The van der Waals surface area contributed by atoms with Gasteiger partial charge in [-0.2, -0.15) is 4.98 Å². The molecule has 0 radical (unpaired) electrons. The van der Waals surface area contributed by atoms with Crippen LogP contribution in [0.3, 0.4) is 0 Å². The summed E-state index contributed by atoms with van der Waals surface area (Å²) in [6.45, 7) is 11.6. The van der Waals surface area contributed by atoms with Gasteiger partial charge in [0, 0.05) is 37.9 Å². The highest BCUT2D eigenvalue weighted by molar-refractivity contribution is 6.34. The predicted molar refractivity (Wildman–Crippen MR) is 167 cm³/mol. The largest absolute Gasteiger partial charge is 0.490 e. The van der Waals surface area contributed by atoms with E-state index in [9.17, 15) is 9.59 Å². The number of piperazine rings is 1. The van der Waals surface area contributed by atoms with Crippen molar-refractivity contribution in [1.29, 1.82) is 0 Å². The minimum atomic E-state index is -0.554. The molecule has 1 amide bonds. The molecule has 9 nitrogen and oxygen atoms in total. The summed E-state index contributed by atoms with van der Waals surface area (Å²) in [6.07, 6.45) is 1.30. The number of para-hydroxylation sites is 1. The second-order valence-corrected chi connectivity index (χ2v) is 11.5. The fraction of sp³-hybridized carbons (Fsp3) is 0.312. The number of hydrogen-bond donors (Lipinski definition) is 1. The van der Waals surface area contributed by atoms with Crippen molar-refractivity contribution in [3.63, 3.8) is 0 Å². The maximum Gasteiger partial charge on any atom is 0.355 e. The molecule has 43 heavy (non-hydrogen) atoms. The first-order chi connectivity index (χ1) is 20.7. The van der Waals surface area contributed by atoms with E-state index in [-0.39, 0.29) is 46.4 Å². The van der Waals surface area contributed by atoms with E-state index in [1.165, 1.54) is 16.7 Å². The molecule has 2 aromatic carbocycles. The summed E-state index contributed by atoms with van der Waals surface area (Å²) in [4.78, 5) is 39.7. The molecule has 6 rings (SSSR count). The van der Waals surface area contributed by atoms with Gasteiger partial charge in [-0.1, -0.05) is 50.2 Å². The van der Waals surface area contributed by atoms with Crippen molar-refractivity contribution in [2.75, 3.05) is 43.0 Å². The van der Waals surface area contributed by atoms with Crippen LogP contribution in [0.25, 0.3) is 28.0 Å². The summed E-state index contributed by atoms with van der Waals surface area (Å²) in [7, 11) is 0. The predicted octanol–water partition coefficient (Wildman–Crippen LogP) is 5.39. The Morgan fingerprint density at radius 2 is 2.00 bits per heavy atom. The maximum absolute atomic E-state index is 15.5. The van der Waals surface area contributed by atoms with E-state index in [0.29, 0.717) is 54.5 Å². The van der Waals surface area contributed by atoms with Crippen molar-refractivity contribution in [2.45, 2.75) is 32.7 Å². The van der Waals surface area contributed by atoms with Gasteiger partial charge in [-0.3, -0.25) is 4.79 Å². The van der Waals surface area contributed by atoms with Crippen molar-refractivity contribution in [2.24, 2.45) is 0 Å². The molecule has 1 fully saturated rings. The lowest BCUT2D eigenvalue weighted by atomic mass is 10.00. The fourth-order valence-corrected chi connectivity index (χ4v) is 6.17. The van der Waals surface area contributed by atoms with E-state index in [4.69, 9.17) is 21.3 Å². The normalized spacial score (nSPS) is 16.6. The number of pyridine rings is 1. The lowest BCUT2D eigenvalue weighted by Gasteiger charge is -2.40. The molecule has 2 aliphatic rings. The van der Waals surface area contributed by atoms with Crippen LogP contribution < -0.4 is 20.6 Å². The van der Waals surface area contributed by atoms with Gasteiger partial charge in [0.2, 0.25) is 5.91 Å². The number of carbonyl (C=O) groups excluding carboxylic acids is 1. The third-order valence-electron chi connectivity index (χ3n) is 7.99. The highest BCUT2D eigenvalue weighted by Crippen LogP contribution is 2.40. The smallest absolute Gasteiger partial charge is 0.355 e. The van der Waals surface area contributed by atoms with Gasteiger partial charge in [0.15, 0.2) is 5.65 Å². The first-order valence-electron chi connectivity index (χ1n) is 14.3. The van der Waals surface area contributed by atoms with Gasteiger partial charge in [0.25, 0.3) is 0 Å². The molecule has 2 aliphatic heterocycles. The number of hydrogen-bond acceptors (Lipinski definition) is 7. The lowest BCUT2D eigenvalue weighted by Crippen LogP contribution is -2.54. The summed E-state index contributed by atoms with van der Waals surface area (Å²) in [5.74, 6) is 0.294. The summed E-state index contributed by atoms with van der Waals surface area (Å²) in [5.41, 5.74) is 2.05. The molecule has 222 valence electrons. The number of anilines is 2. The molecule has 0 spiro atoms. The van der Waals surface area contributed by atoms with Crippen molar-refractivity contribution in [1.82, 2.24) is 19.4 Å². The Balaban J connectivity index is 1.68. The van der Waals surface area contributed by atoms with E-state index in [1.807, 2.05) is 43.9 Å². The molecule has 0 saturated carbocycles. The first-order valence-corrected chi connectivity index (χ1v) is 14.7. The standard InChI is InChI=1S/C32H32ClFN6O3/c1-5-26(41)38-13-14-39(19(4)17-38)30-21-16-22(33)28-27-23(34)9-7-10-24(27)35-12-15-43-25-11-6-8-20(18(2)3)29(25)40(31(21)36-28)32(42)37-30/h5-11,16,18-19,35H,1,12-15,17H2,2-4H3/t19-/m0/s1. The number of benzene rings is 2. The van der Waals surface area contributed by atoms with E-state index in [2.05, 4.69) is 16.9 Å².